The Balaban J connectivity index is 2.18. The summed E-state index contributed by atoms with van der Waals surface area (Å²) in [5.74, 6) is -0.459. The first kappa shape index (κ1) is 12.6. The minimum Gasteiger partial charge on any atom is -0.467 e. The van der Waals surface area contributed by atoms with Crippen molar-refractivity contribution in [1.29, 1.82) is 0 Å². The molecule has 98 valence electrons. The number of aromatic nitrogens is 2. The van der Waals surface area contributed by atoms with Gasteiger partial charge in [-0.2, -0.15) is 4.57 Å². The summed E-state index contributed by atoms with van der Waals surface area (Å²) in [6.45, 7) is 0.971. The second kappa shape index (κ2) is 5.18. The zero-order valence-electron chi connectivity index (χ0n) is 10.4. The Kier molecular flexibility index (Phi) is 3.61. The highest BCUT2D eigenvalue weighted by Crippen LogP contribution is 2.10. The minimum absolute atomic E-state index is 0.172. The molecule has 1 aliphatic rings. The van der Waals surface area contributed by atoms with Crippen molar-refractivity contribution in [3.63, 3.8) is 0 Å². The molecule has 1 unspecified atom stereocenters. The quantitative estimate of drug-likeness (QED) is 0.484. The van der Waals surface area contributed by atoms with Crippen molar-refractivity contribution < 1.29 is 23.6 Å². The molecule has 1 aliphatic heterocycles. The van der Waals surface area contributed by atoms with Crippen LogP contribution < -0.4 is 4.57 Å². The molecular formula is C11H16N3O4+. The molecule has 0 bridgehead atoms. The number of ether oxygens (including phenoxy) is 2. The predicted octanol–water partition coefficient (Wildman–Crippen LogP) is -0.845. The van der Waals surface area contributed by atoms with Gasteiger partial charge in [0.05, 0.1) is 27.4 Å². The fourth-order valence-corrected chi connectivity index (χ4v) is 1.88. The van der Waals surface area contributed by atoms with Gasteiger partial charge in [-0.25, -0.2) is 14.2 Å². The van der Waals surface area contributed by atoms with Gasteiger partial charge in [0.25, 0.3) is 6.33 Å². The van der Waals surface area contributed by atoms with Crippen LogP contribution in [0.15, 0.2) is 18.7 Å². The van der Waals surface area contributed by atoms with Crippen LogP contribution in [-0.2, 0) is 21.3 Å². The third-order valence-electron chi connectivity index (χ3n) is 2.84. The molecule has 1 aromatic heterocycles. The maximum absolute atomic E-state index is 12.3. The lowest BCUT2D eigenvalue weighted by Crippen LogP contribution is -2.54. The van der Waals surface area contributed by atoms with Crippen molar-refractivity contribution in [3.8, 4) is 0 Å². The van der Waals surface area contributed by atoms with Crippen LogP contribution in [0.3, 0.4) is 0 Å². The van der Waals surface area contributed by atoms with Crippen molar-refractivity contribution >= 4 is 12.0 Å². The SMILES string of the molecule is COC(=O)C1COCCN1C(=O)n1cc[n+](C)c1. The molecule has 0 saturated carbocycles. The summed E-state index contributed by atoms with van der Waals surface area (Å²) < 4.78 is 13.1. The van der Waals surface area contributed by atoms with Crippen LogP contribution in [0.4, 0.5) is 4.79 Å². The number of aryl methyl sites for hydroxylation is 1. The Bertz CT molecular complexity index is 457. The van der Waals surface area contributed by atoms with Gasteiger partial charge in [0.2, 0.25) is 0 Å². The molecule has 1 aromatic rings. The fraction of sp³-hybridized carbons (Fsp3) is 0.545. The Hall–Kier alpha value is -1.89. The first-order valence-electron chi connectivity index (χ1n) is 5.63. The van der Waals surface area contributed by atoms with E-state index in [0.717, 1.165) is 0 Å². The van der Waals surface area contributed by atoms with E-state index in [1.165, 1.54) is 16.6 Å². The number of rotatable bonds is 1. The van der Waals surface area contributed by atoms with E-state index < -0.39 is 12.0 Å². The summed E-state index contributed by atoms with van der Waals surface area (Å²) in [7, 11) is 3.12. The third kappa shape index (κ3) is 2.35. The molecule has 1 amide bonds. The summed E-state index contributed by atoms with van der Waals surface area (Å²) in [5.41, 5.74) is 0. The molecular weight excluding hydrogens is 238 g/mol. The Morgan fingerprint density at radius 2 is 2.28 bits per heavy atom. The maximum atomic E-state index is 12.3. The monoisotopic (exact) mass is 254 g/mol. The van der Waals surface area contributed by atoms with Crippen LogP contribution in [-0.4, -0.2) is 54.4 Å². The normalized spacial score (nSPS) is 19.7. The largest absolute Gasteiger partial charge is 0.467 e. The molecule has 0 N–H and O–H groups in total. The molecule has 1 fully saturated rings. The number of nitrogens with zero attached hydrogens (tertiary/aromatic N) is 3. The van der Waals surface area contributed by atoms with E-state index in [4.69, 9.17) is 4.74 Å². The molecule has 0 aliphatic carbocycles. The van der Waals surface area contributed by atoms with Crippen LogP contribution in [0.5, 0.6) is 0 Å². The number of morpholine rings is 1. The van der Waals surface area contributed by atoms with Crippen LogP contribution >= 0.6 is 0 Å². The summed E-state index contributed by atoms with van der Waals surface area (Å²) in [6.07, 6.45) is 5.05. The molecule has 2 heterocycles. The standard InChI is InChI=1S/C11H16N3O4/c1-12-3-4-13(8-12)11(16)14-5-6-18-7-9(14)10(15)17-2/h3-4,8-9H,5-7H2,1-2H3/q+1. The Morgan fingerprint density at radius 1 is 1.50 bits per heavy atom. The average Bonchev–Trinajstić information content (AvgIpc) is 2.83. The first-order valence-corrected chi connectivity index (χ1v) is 5.63. The lowest BCUT2D eigenvalue weighted by molar-refractivity contribution is -0.670. The predicted molar refractivity (Wildman–Crippen MR) is 59.7 cm³/mol. The fourth-order valence-electron chi connectivity index (χ4n) is 1.88. The van der Waals surface area contributed by atoms with E-state index in [2.05, 4.69) is 4.74 Å². The minimum atomic E-state index is -0.677. The first-order chi connectivity index (χ1) is 8.63. The van der Waals surface area contributed by atoms with Crippen LogP contribution in [0, 0.1) is 0 Å². The molecule has 18 heavy (non-hydrogen) atoms. The lowest BCUT2D eigenvalue weighted by Gasteiger charge is -2.31. The Labute approximate surface area is 105 Å². The molecule has 0 spiro atoms. The molecule has 1 saturated heterocycles. The number of methoxy groups -OCH3 is 1. The van der Waals surface area contributed by atoms with Crippen molar-refractivity contribution in [2.45, 2.75) is 6.04 Å². The van der Waals surface area contributed by atoms with Crippen molar-refractivity contribution in [2.24, 2.45) is 7.05 Å². The molecule has 0 radical (unpaired) electrons. The van der Waals surface area contributed by atoms with Gasteiger partial charge in [0.15, 0.2) is 6.04 Å². The molecule has 7 heteroatoms. The average molecular weight is 254 g/mol. The van der Waals surface area contributed by atoms with E-state index in [1.807, 2.05) is 7.05 Å². The highest BCUT2D eigenvalue weighted by Gasteiger charge is 2.36. The number of esters is 1. The number of amides is 1. The van der Waals surface area contributed by atoms with Gasteiger partial charge in [0.1, 0.15) is 12.4 Å². The van der Waals surface area contributed by atoms with Gasteiger partial charge in [-0.15, -0.1) is 0 Å². The van der Waals surface area contributed by atoms with Crippen molar-refractivity contribution in [1.82, 2.24) is 9.47 Å². The van der Waals surface area contributed by atoms with Gasteiger partial charge in [0, 0.05) is 6.54 Å². The van der Waals surface area contributed by atoms with Crippen LogP contribution in [0.1, 0.15) is 0 Å². The van der Waals surface area contributed by atoms with Crippen molar-refractivity contribution in [3.05, 3.63) is 18.7 Å². The van der Waals surface area contributed by atoms with Gasteiger partial charge < -0.3 is 9.47 Å². The number of carbonyl (C=O) groups is 2. The van der Waals surface area contributed by atoms with E-state index >= 15 is 0 Å². The second-order valence-corrected chi connectivity index (χ2v) is 4.08. The topological polar surface area (TPSA) is 64.7 Å². The van der Waals surface area contributed by atoms with Crippen molar-refractivity contribution in [2.75, 3.05) is 26.9 Å². The highest BCUT2D eigenvalue weighted by molar-refractivity contribution is 5.84. The second-order valence-electron chi connectivity index (χ2n) is 4.08. The smallest absolute Gasteiger partial charge is 0.416 e. The van der Waals surface area contributed by atoms with Crippen LogP contribution in [0.2, 0.25) is 0 Å². The van der Waals surface area contributed by atoms with E-state index in [-0.39, 0.29) is 12.6 Å². The Morgan fingerprint density at radius 3 is 2.89 bits per heavy atom. The zero-order chi connectivity index (χ0) is 13.1. The molecule has 1 atom stereocenters. The molecule has 0 aromatic carbocycles. The maximum Gasteiger partial charge on any atom is 0.416 e. The summed E-state index contributed by atoms with van der Waals surface area (Å²) in [4.78, 5) is 25.3. The number of carbonyl (C=O) groups excluding carboxylic acids is 2. The molecule has 7 nitrogen and oxygen atoms in total. The summed E-state index contributed by atoms with van der Waals surface area (Å²) in [5, 5.41) is 0. The highest BCUT2D eigenvalue weighted by atomic mass is 16.5. The zero-order valence-corrected chi connectivity index (χ0v) is 10.4. The number of hydrogen-bond acceptors (Lipinski definition) is 4. The van der Waals surface area contributed by atoms with E-state index in [1.54, 1.807) is 23.3 Å². The lowest BCUT2D eigenvalue weighted by atomic mass is 10.2. The van der Waals surface area contributed by atoms with E-state index in [9.17, 15) is 9.59 Å². The van der Waals surface area contributed by atoms with Gasteiger partial charge in [-0.05, 0) is 0 Å². The summed E-state index contributed by atoms with van der Waals surface area (Å²) >= 11 is 0. The van der Waals surface area contributed by atoms with Gasteiger partial charge >= 0.3 is 12.0 Å². The summed E-state index contributed by atoms with van der Waals surface area (Å²) in [6, 6.07) is -0.932. The van der Waals surface area contributed by atoms with Crippen LogP contribution in [0.25, 0.3) is 0 Å². The van der Waals surface area contributed by atoms with Gasteiger partial charge in [-0.3, -0.25) is 4.90 Å². The number of hydrogen-bond donors (Lipinski definition) is 0. The molecule has 2 rings (SSSR count). The van der Waals surface area contributed by atoms with Gasteiger partial charge in [-0.1, -0.05) is 0 Å². The third-order valence-corrected chi connectivity index (χ3v) is 2.84. The number of imidazole rings is 1. The van der Waals surface area contributed by atoms with E-state index in [0.29, 0.717) is 13.2 Å².